The number of hydrogen-bond donors (Lipinski definition) is 0. The van der Waals surface area contributed by atoms with Gasteiger partial charge in [-0.3, -0.25) is 0 Å². The summed E-state index contributed by atoms with van der Waals surface area (Å²) in [6.07, 6.45) is 1.20. The van der Waals surface area contributed by atoms with Crippen molar-refractivity contribution in [1.82, 2.24) is 9.88 Å². The van der Waals surface area contributed by atoms with E-state index in [1.165, 1.54) is 13.0 Å². The van der Waals surface area contributed by atoms with Gasteiger partial charge in [0.15, 0.2) is 0 Å². The first kappa shape index (κ1) is 12.7. The van der Waals surface area contributed by atoms with Gasteiger partial charge in [0.05, 0.1) is 0 Å². The quantitative estimate of drug-likeness (QED) is 0.754. The Bertz CT molecular complexity index is 381. The molecule has 0 atom stereocenters. The lowest BCUT2D eigenvalue weighted by Crippen LogP contribution is -2.29. The maximum Gasteiger partial charge on any atom is 0.129 e. The van der Waals surface area contributed by atoms with Crippen LogP contribution in [0.15, 0.2) is 12.1 Å². The number of likely N-dealkylation sites (N-methyl/N-ethyl adjacent to an activating group) is 1. The molecule has 3 nitrogen and oxygen atoms in total. The van der Waals surface area contributed by atoms with Crippen molar-refractivity contribution in [3.8, 4) is 0 Å². The molecular formula is C13H20ClN3. The minimum absolute atomic E-state index is 0.560. The minimum atomic E-state index is 0.560. The molecule has 2 rings (SSSR count). The average molecular weight is 254 g/mol. The summed E-state index contributed by atoms with van der Waals surface area (Å²) in [7, 11) is 2.18. The summed E-state index contributed by atoms with van der Waals surface area (Å²) < 4.78 is 0. The Labute approximate surface area is 108 Å². The van der Waals surface area contributed by atoms with Crippen molar-refractivity contribution in [3.63, 3.8) is 0 Å². The third-order valence-electron chi connectivity index (χ3n) is 3.20. The van der Waals surface area contributed by atoms with Crippen LogP contribution in [0.1, 0.15) is 17.7 Å². The number of nitrogens with zero attached hydrogens (tertiary/aromatic N) is 3. The molecule has 17 heavy (non-hydrogen) atoms. The van der Waals surface area contributed by atoms with Crippen molar-refractivity contribution in [3.05, 3.63) is 23.4 Å². The van der Waals surface area contributed by atoms with E-state index in [-0.39, 0.29) is 0 Å². The van der Waals surface area contributed by atoms with Crippen molar-refractivity contribution in [2.45, 2.75) is 19.2 Å². The Kier molecular flexibility index (Phi) is 4.24. The SMILES string of the molecule is Cc1cc(CCl)cc(N2CCCN(C)CC2)n1. The second-order valence-corrected chi connectivity index (χ2v) is 5.02. The van der Waals surface area contributed by atoms with Crippen LogP contribution < -0.4 is 4.90 Å². The maximum atomic E-state index is 5.91. The lowest BCUT2D eigenvalue weighted by Gasteiger charge is -2.22. The van der Waals surface area contributed by atoms with E-state index in [0.717, 1.165) is 36.7 Å². The fraction of sp³-hybridized carbons (Fsp3) is 0.615. The van der Waals surface area contributed by atoms with Crippen LogP contribution in [0.4, 0.5) is 5.82 Å². The summed E-state index contributed by atoms with van der Waals surface area (Å²) in [4.78, 5) is 9.36. The van der Waals surface area contributed by atoms with Crippen LogP contribution in [0.2, 0.25) is 0 Å². The van der Waals surface area contributed by atoms with Gasteiger partial charge in [0, 0.05) is 31.2 Å². The number of alkyl halides is 1. The Morgan fingerprint density at radius 1 is 1.24 bits per heavy atom. The Morgan fingerprint density at radius 3 is 2.82 bits per heavy atom. The first-order valence-electron chi connectivity index (χ1n) is 6.16. The van der Waals surface area contributed by atoms with E-state index < -0.39 is 0 Å². The predicted octanol–water partition coefficient (Wildman–Crippen LogP) is 2.27. The van der Waals surface area contributed by atoms with Gasteiger partial charge in [0.1, 0.15) is 5.82 Å². The van der Waals surface area contributed by atoms with Crippen LogP contribution in [0.5, 0.6) is 0 Å². The number of anilines is 1. The van der Waals surface area contributed by atoms with Gasteiger partial charge in [-0.05, 0) is 44.6 Å². The Morgan fingerprint density at radius 2 is 2.06 bits per heavy atom. The van der Waals surface area contributed by atoms with Gasteiger partial charge in [-0.15, -0.1) is 11.6 Å². The predicted molar refractivity (Wildman–Crippen MR) is 72.9 cm³/mol. The molecule has 0 saturated carbocycles. The van der Waals surface area contributed by atoms with Gasteiger partial charge < -0.3 is 9.80 Å². The fourth-order valence-corrected chi connectivity index (χ4v) is 2.39. The van der Waals surface area contributed by atoms with Crippen molar-refractivity contribution in [2.24, 2.45) is 0 Å². The molecule has 0 aliphatic carbocycles. The zero-order valence-electron chi connectivity index (χ0n) is 10.6. The first-order chi connectivity index (χ1) is 8.19. The number of halogens is 1. The van der Waals surface area contributed by atoms with Gasteiger partial charge in [-0.2, -0.15) is 0 Å². The maximum absolute atomic E-state index is 5.91. The molecule has 0 amide bonds. The highest BCUT2D eigenvalue weighted by molar-refractivity contribution is 6.17. The largest absolute Gasteiger partial charge is 0.355 e. The van der Waals surface area contributed by atoms with E-state index in [0.29, 0.717) is 5.88 Å². The number of rotatable bonds is 2. The third-order valence-corrected chi connectivity index (χ3v) is 3.51. The van der Waals surface area contributed by atoms with Crippen molar-refractivity contribution in [2.75, 3.05) is 38.1 Å². The van der Waals surface area contributed by atoms with Crippen LogP contribution in [-0.2, 0) is 5.88 Å². The summed E-state index contributed by atoms with van der Waals surface area (Å²) in [6.45, 7) is 6.44. The van der Waals surface area contributed by atoms with Crippen LogP contribution in [0.25, 0.3) is 0 Å². The molecule has 1 saturated heterocycles. The molecule has 0 spiro atoms. The lowest BCUT2D eigenvalue weighted by molar-refractivity contribution is 0.360. The highest BCUT2D eigenvalue weighted by Gasteiger charge is 2.14. The van der Waals surface area contributed by atoms with E-state index >= 15 is 0 Å². The zero-order valence-corrected chi connectivity index (χ0v) is 11.4. The molecular weight excluding hydrogens is 234 g/mol. The number of aromatic nitrogens is 1. The Hall–Kier alpha value is -0.800. The molecule has 0 radical (unpaired) electrons. The van der Waals surface area contributed by atoms with Gasteiger partial charge >= 0.3 is 0 Å². The standard InChI is InChI=1S/C13H20ClN3/c1-11-8-12(10-14)9-13(15-11)17-5-3-4-16(2)6-7-17/h8-9H,3-7,10H2,1-2H3. The third kappa shape index (κ3) is 3.33. The van der Waals surface area contributed by atoms with E-state index in [1.54, 1.807) is 0 Å². The summed E-state index contributed by atoms with van der Waals surface area (Å²) in [6, 6.07) is 4.17. The van der Waals surface area contributed by atoms with Gasteiger partial charge in [0.25, 0.3) is 0 Å². The van der Waals surface area contributed by atoms with Crippen LogP contribution in [0.3, 0.4) is 0 Å². The molecule has 1 fully saturated rings. The average Bonchev–Trinajstić information content (AvgIpc) is 2.53. The zero-order chi connectivity index (χ0) is 12.3. The van der Waals surface area contributed by atoms with Crippen molar-refractivity contribution >= 4 is 17.4 Å². The van der Waals surface area contributed by atoms with Crippen molar-refractivity contribution < 1.29 is 0 Å². The van der Waals surface area contributed by atoms with Gasteiger partial charge in [0.2, 0.25) is 0 Å². The molecule has 1 aromatic heterocycles. The number of hydrogen-bond acceptors (Lipinski definition) is 3. The minimum Gasteiger partial charge on any atom is -0.355 e. The second-order valence-electron chi connectivity index (χ2n) is 4.75. The molecule has 0 unspecified atom stereocenters. The molecule has 0 aromatic carbocycles. The molecule has 94 valence electrons. The molecule has 1 aromatic rings. The van der Waals surface area contributed by atoms with E-state index in [9.17, 15) is 0 Å². The molecule has 0 bridgehead atoms. The number of pyridine rings is 1. The lowest BCUT2D eigenvalue weighted by atomic mass is 10.2. The van der Waals surface area contributed by atoms with Crippen LogP contribution in [0, 0.1) is 6.92 Å². The van der Waals surface area contributed by atoms with Crippen LogP contribution >= 0.6 is 11.6 Å². The first-order valence-corrected chi connectivity index (χ1v) is 6.69. The molecule has 0 N–H and O–H groups in total. The molecule has 4 heteroatoms. The van der Waals surface area contributed by atoms with E-state index in [4.69, 9.17) is 11.6 Å². The van der Waals surface area contributed by atoms with Crippen LogP contribution in [-0.4, -0.2) is 43.1 Å². The normalized spacial score (nSPS) is 18.2. The van der Waals surface area contributed by atoms with Gasteiger partial charge in [-0.25, -0.2) is 4.98 Å². The second kappa shape index (κ2) is 5.69. The number of aryl methyl sites for hydroxylation is 1. The monoisotopic (exact) mass is 253 g/mol. The smallest absolute Gasteiger partial charge is 0.129 e. The van der Waals surface area contributed by atoms with Crippen molar-refractivity contribution in [1.29, 1.82) is 0 Å². The summed E-state index contributed by atoms with van der Waals surface area (Å²) in [5, 5.41) is 0. The van der Waals surface area contributed by atoms with E-state index in [1.807, 2.05) is 6.92 Å². The molecule has 1 aliphatic rings. The fourth-order valence-electron chi connectivity index (χ4n) is 2.24. The summed E-state index contributed by atoms with van der Waals surface area (Å²) in [5.41, 5.74) is 2.21. The highest BCUT2D eigenvalue weighted by Crippen LogP contribution is 2.18. The highest BCUT2D eigenvalue weighted by atomic mass is 35.5. The molecule has 2 heterocycles. The Balaban J connectivity index is 2.17. The van der Waals surface area contributed by atoms with E-state index in [2.05, 4.69) is 34.0 Å². The van der Waals surface area contributed by atoms with Gasteiger partial charge in [-0.1, -0.05) is 0 Å². The molecule has 1 aliphatic heterocycles. The topological polar surface area (TPSA) is 19.4 Å². The summed E-state index contributed by atoms with van der Waals surface area (Å²) >= 11 is 5.91. The summed E-state index contributed by atoms with van der Waals surface area (Å²) in [5.74, 6) is 1.64.